The molecule has 0 aliphatic heterocycles. The van der Waals surface area contributed by atoms with Gasteiger partial charge < -0.3 is 15.4 Å². The van der Waals surface area contributed by atoms with Crippen LogP contribution in [0.4, 0.5) is 10.5 Å². The molecule has 0 bridgehead atoms. The first-order valence-electron chi connectivity index (χ1n) is 7.35. The van der Waals surface area contributed by atoms with Crippen molar-refractivity contribution in [3.63, 3.8) is 0 Å². The minimum Gasteiger partial charge on any atom is -0.381 e. The lowest BCUT2D eigenvalue weighted by Gasteiger charge is -2.09. The smallest absolute Gasteiger partial charge is 0.319 e. The number of aryl methyl sites for hydroxylation is 2. The van der Waals surface area contributed by atoms with Crippen molar-refractivity contribution in [2.24, 2.45) is 5.92 Å². The summed E-state index contributed by atoms with van der Waals surface area (Å²) in [5.41, 5.74) is 3.23. The molecule has 1 saturated carbocycles. The summed E-state index contributed by atoms with van der Waals surface area (Å²) in [6.45, 7) is 6.34. The van der Waals surface area contributed by atoms with Crippen LogP contribution >= 0.6 is 0 Å². The normalized spacial score (nSPS) is 14.1. The lowest BCUT2D eigenvalue weighted by Crippen LogP contribution is -2.30. The van der Waals surface area contributed by atoms with Gasteiger partial charge in [-0.25, -0.2) is 4.79 Å². The van der Waals surface area contributed by atoms with E-state index in [0.29, 0.717) is 6.54 Å². The molecule has 1 aliphatic carbocycles. The van der Waals surface area contributed by atoms with Crippen LogP contribution < -0.4 is 10.6 Å². The maximum atomic E-state index is 11.7. The number of rotatable bonds is 7. The van der Waals surface area contributed by atoms with Gasteiger partial charge in [-0.1, -0.05) is 6.07 Å². The second-order valence-corrected chi connectivity index (χ2v) is 5.55. The van der Waals surface area contributed by atoms with Crippen LogP contribution in [0.5, 0.6) is 0 Å². The van der Waals surface area contributed by atoms with Crippen molar-refractivity contribution >= 4 is 11.7 Å². The molecule has 4 heteroatoms. The first kappa shape index (κ1) is 14.9. The Morgan fingerprint density at radius 2 is 2.10 bits per heavy atom. The number of benzene rings is 1. The number of carbonyl (C=O) groups is 1. The van der Waals surface area contributed by atoms with Gasteiger partial charge in [-0.2, -0.15) is 0 Å². The average molecular weight is 276 g/mol. The molecule has 1 fully saturated rings. The van der Waals surface area contributed by atoms with Crippen LogP contribution in [-0.4, -0.2) is 25.8 Å². The SMILES string of the molecule is Cc1ccc(NC(=O)NCCCOCC2CC2)cc1C. The molecule has 0 aromatic heterocycles. The number of anilines is 1. The van der Waals surface area contributed by atoms with E-state index in [2.05, 4.69) is 17.6 Å². The second-order valence-electron chi connectivity index (χ2n) is 5.55. The van der Waals surface area contributed by atoms with Crippen molar-refractivity contribution < 1.29 is 9.53 Å². The van der Waals surface area contributed by atoms with E-state index in [1.807, 2.05) is 25.1 Å². The summed E-state index contributed by atoms with van der Waals surface area (Å²) in [7, 11) is 0. The van der Waals surface area contributed by atoms with Gasteiger partial charge in [0.2, 0.25) is 0 Å². The van der Waals surface area contributed by atoms with Crippen LogP contribution in [0.2, 0.25) is 0 Å². The van der Waals surface area contributed by atoms with Crippen LogP contribution in [0, 0.1) is 19.8 Å². The van der Waals surface area contributed by atoms with Crippen molar-refractivity contribution in [2.45, 2.75) is 33.1 Å². The van der Waals surface area contributed by atoms with Gasteiger partial charge >= 0.3 is 6.03 Å². The molecule has 0 unspecified atom stereocenters. The minimum atomic E-state index is -0.157. The summed E-state index contributed by atoms with van der Waals surface area (Å²) in [6.07, 6.45) is 3.49. The van der Waals surface area contributed by atoms with Crippen molar-refractivity contribution in [2.75, 3.05) is 25.1 Å². The predicted octanol–water partition coefficient (Wildman–Crippen LogP) is 3.24. The van der Waals surface area contributed by atoms with Crippen molar-refractivity contribution in [1.82, 2.24) is 5.32 Å². The number of hydrogen-bond acceptors (Lipinski definition) is 2. The van der Waals surface area contributed by atoms with Crippen molar-refractivity contribution in [3.8, 4) is 0 Å². The van der Waals surface area contributed by atoms with E-state index in [0.717, 1.165) is 31.2 Å². The van der Waals surface area contributed by atoms with Crippen molar-refractivity contribution in [1.29, 1.82) is 0 Å². The van der Waals surface area contributed by atoms with Gasteiger partial charge in [-0.3, -0.25) is 0 Å². The highest BCUT2D eigenvalue weighted by Crippen LogP contribution is 2.28. The monoisotopic (exact) mass is 276 g/mol. The van der Waals surface area contributed by atoms with Crippen LogP contribution in [0.3, 0.4) is 0 Å². The average Bonchev–Trinajstić information content (AvgIpc) is 3.22. The quantitative estimate of drug-likeness (QED) is 0.751. The van der Waals surface area contributed by atoms with Crippen LogP contribution in [0.1, 0.15) is 30.4 Å². The van der Waals surface area contributed by atoms with Crippen molar-refractivity contribution in [3.05, 3.63) is 29.3 Å². The minimum absolute atomic E-state index is 0.157. The highest BCUT2D eigenvalue weighted by atomic mass is 16.5. The largest absolute Gasteiger partial charge is 0.381 e. The summed E-state index contributed by atoms with van der Waals surface area (Å²) in [4.78, 5) is 11.7. The fourth-order valence-corrected chi connectivity index (χ4v) is 1.91. The summed E-state index contributed by atoms with van der Waals surface area (Å²) >= 11 is 0. The van der Waals surface area contributed by atoms with Gasteiger partial charge in [0.05, 0.1) is 0 Å². The first-order chi connectivity index (χ1) is 9.65. The molecule has 1 aliphatic rings. The topological polar surface area (TPSA) is 50.4 Å². The number of ether oxygens (including phenoxy) is 1. The molecule has 0 spiro atoms. The molecule has 0 heterocycles. The summed E-state index contributed by atoms with van der Waals surface area (Å²) in [6, 6.07) is 5.75. The first-order valence-corrected chi connectivity index (χ1v) is 7.35. The number of carbonyl (C=O) groups excluding carboxylic acids is 1. The molecule has 4 nitrogen and oxygen atoms in total. The third-order valence-electron chi connectivity index (χ3n) is 3.57. The molecule has 2 rings (SSSR count). The maximum Gasteiger partial charge on any atom is 0.319 e. The highest BCUT2D eigenvalue weighted by molar-refractivity contribution is 5.89. The Morgan fingerprint density at radius 1 is 1.30 bits per heavy atom. The lowest BCUT2D eigenvalue weighted by molar-refractivity contribution is 0.122. The van der Waals surface area contributed by atoms with E-state index in [4.69, 9.17) is 4.74 Å². The van der Waals surface area contributed by atoms with Gasteiger partial charge in [0.15, 0.2) is 0 Å². The molecule has 20 heavy (non-hydrogen) atoms. The Bertz CT molecular complexity index is 456. The third kappa shape index (κ3) is 5.21. The van der Waals surface area contributed by atoms with E-state index in [1.54, 1.807) is 0 Å². The zero-order valence-electron chi connectivity index (χ0n) is 12.4. The molecule has 1 aromatic carbocycles. The summed E-state index contributed by atoms with van der Waals surface area (Å²) in [5.74, 6) is 0.802. The van der Waals surface area contributed by atoms with Crippen LogP contribution in [-0.2, 0) is 4.74 Å². The molecule has 0 atom stereocenters. The van der Waals surface area contributed by atoms with E-state index in [-0.39, 0.29) is 6.03 Å². The van der Waals surface area contributed by atoms with E-state index >= 15 is 0 Å². The van der Waals surface area contributed by atoms with Crippen LogP contribution in [0.25, 0.3) is 0 Å². The van der Waals surface area contributed by atoms with Gasteiger partial charge in [-0.05, 0) is 62.3 Å². The lowest BCUT2D eigenvalue weighted by atomic mass is 10.1. The molecular formula is C16H24N2O2. The number of nitrogens with one attached hydrogen (secondary N) is 2. The fourth-order valence-electron chi connectivity index (χ4n) is 1.91. The standard InChI is InChI=1S/C16H24N2O2/c1-12-4-7-15(10-13(12)2)18-16(19)17-8-3-9-20-11-14-5-6-14/h4,7,10,14H,3,5-6,8-9,11H2,1-2H3,(H2,17,18,19). The van der Waals surface area contributed by atoms with E-state index in [1.165, 1.54) is 24.0 Å². The molecule has 2 amide bonds. The van der Waals surface area contributed by atoms with Gasteiger partial charge in [-0.15, -0.1) is 0 Å². The van der Waals surface area contributed by atoms with Gasteiger partial charge in [0.1, 0.15) is 0 Å². The van der Waals surface area contributed by atoms with E-state index < -0.39 is 0 Å². The highest BCUT2D eigenvalue weighted by Gasteiger charge is 2.20. The Balaban J connectivity index is 1.58. The molecule has 2 N–H and O–H groups in total. The molecule has 0 radical (unpaired) electrons. The summed E-state index contributed by atoms with van der Waals surface area (Å²) in [5, 5.41) is 5.68. The Labute approximate surface area is 120 Å². The van der Waals surface area contributed by atoms with E-state index in [9.17, 15) is 4.79 Å². The number of urea groups is 1. The summed E-state index contributed by atoms with van der Waals surface area (Å²) < 4.78 is 5.51. The zero-order valence-corrected chi connectivity index (χ0v) is 12.4. The predicted molar refractivity (Wildman–Crippen MR) is 81.1 cm³/mol. The number of hydrogen-bond donors (Lipinski definition) is 2. The molecule has 110 valence electrons. The maximum absolute atomic E-state index is 11.7. The Kier molecular flexibility index (Phi) is 5.41. The fraction of sp³-hybridized carbons (Fsp3) is 0.562. The molecular weight excluding hydrogens is 252 g/mol. The molecule has 0 saturated heterocycles. The second kappa shape index (κ2) is 7.29. The zero-order chi connectivity index (χ0) is 14.4. The molecule has 1 aromatic rings. The van der Waals surface area contributed by atoms with Gasteiger partial charge in [0.25, 0.3) is 0 Å². The van der Waals surface area contributed by atoms with Gasteiger partial charge in [0, 0.05) is 25.4 Å². The Morgan fingerprint density at radius 3 is 2.80 bits per heavy atom. The third-order valence-corrected chi connectivity index (χ3v) is 3.57. The number of amides is 2. The van der Waals surface area contributed by atoms with Crippen LogP contribution in [0.15, 0.2) is 18.2 Å². The Hall–Kier alpha value is -1.55.